The van der Waals surface area contributed by atoms with Gasteiger partial charge in [-0.3, -0.25) is 0 Å². The second-order valence-corrected chi connectivity index (χ2v) is 3.94. The van der Waals surface area contributed by atoms with Crippen molar-refractivity contribution in [3.8, 4) is 0 Å². The molecule has 5 nitrogen and oxygen atoms in total. The topological polar surface area (TPSA) is 68.0 Å². The molecule has 16 heavy (non-hydrogen) atoms. The van der Waals surface area contributed by atoms with Crippen molar-refractivity contribution in [2.75, 3.05) is 0 Å². The highest BCUT2D eigenvalue weighted by Crippen LogP contribution is 2.15. The van der Waals surface area contributed by atoms with Crippen molar-refractivity contribution < 1.29 is 9.90 Å². The van der Waals surface area contributed by atoms with Crippen molar-refractivity contribution in [3.05, 3.63) is 12.4 Å². The largest absolute Gasteiger partial charge is 0.480 e. The number of hydrogen-bond acceptors (Lipinski definition) is 3. The van der Waals surface area contributed by atoms with E-state index in [1.54, 1.807) is 6.20 Å². The summed E-state index contributed by atoms with van der Waals surface area (Å²) in [6.07, 6.45) is 9.36. The van der Waals surface area contributed by atoms with Gasteiger partial charge in [-0.2, -0.15) is 0 Å². The first kappa shape index (κ1) is 12.7. The normalized spacial score (nSPS) is 12.6. The number of nitrogens with zero attached hydrogens (tertiary/aromatic N) is 3. The van der Waals surface area contributed by atoms with E-state index in [-0.39, 0.29) is 0 Å². The summed E-state index contributed by atoms with van der Waals surface area (Å²) in [6.45, 7) is 2.16. The number of carboxylic acid groups (broad SMARTS) is 1. The van der Waals surface area contributed by atoms with Gasteiger partial charge in [0, 0.05) is 6.20 Å². The van der Waals surface area contributed by atoms with Crippen LogP contribution in [-0.2, 0) is 4.79 Å². The summed E-state index contributed by atoms with van der Waals surface area (Å²) in [5.41, 5.74) is 0. The molecular weight excluding hydrogens is 206 g/mol. The van der Waals surface area contributed by atoms with E-state index in [0.29, 0.717) is 6.42 Å². The van der Waals surface area contributed by atoms with Gasteiger partial charge < -0.3 is 5.11 Å². The Balaban J connectivity index is 2.33. The fourth-order valence-corrected chi connectivity index (χ4v) is 1.69. The first-order chi connectivity index (χ1) is 7.75. The second-order valence-electron chi connectivity index (χ2n) is 3.94. The number of aromatic nitrogens is 3. The van der Waals surface area contributed by atoms with E-state index in [1.165, 1.54) is 30.1 Å². The van der Waals surface area contributed by atoms with Crippen LogP contribution in [-0.4, -0.2) is 26.1 Å². The standard InChI is InChI=1S/C11H19N3O2/c1-2-3-4-5-6-7-10(11(15)16)14-9-8-12-13-14/h8-10H,2-7H2,1H3,(H,15,16). The maximum atomic E-state index is 11.0. The molecule has 0 aliphatic heterocycles. The lowest BCUT2D eigenvalue weighted by molar-refractivity contribution is -0.141. The predicted octanol–water partition coefficient (Wildman–Crippen LogP) is 2.26. The van der Waals surface area contributed by atoms with Crippen LogP contribution >= 0.6 is 0 Å². The molecule has 1 heterocycles. The lowest BCUT2D eigenvalue weighted by Crippen LogP contribution is -2.19. The zero-order chi connectivity index (χ0) is 11.8. The zero-order valence-corrected chi connectivity index (χ0v) is 9.67. The molecule has 0 aliphatic rings. The van der Waals surface area contributed by atoms with Crippen LogP contribution in [0, 0.1) is 0 Å². The van der Waals surface area contributed by atoms with E-state index in [9.17, 15) is 4.79 Å². The van der Waals surface area contributed by atoms with E-state index < -0.39 is 12.0 Å². The fraction of sp³-hybridized carbons (Fsp3) is 0.727. The molecular formula is C11H19N3O2. The molecule has 1 aromatic rings. The van der Waals surface area contributed by atoms with Gasteiger partial charge in [-0.1, -0.05) is 44.2 Å². The molecule has 0 radical (unpaired) electrons. The van der Waals surface area contributed by atoms with E-state index in [1.807, 2.05) is 0 Å². The highest BCUT2D eigenvalue weighted by Gasteiger charge is 2.19. The average Bonchev–Trinajstić information content (AvgIpc) is 2.76. The lowest BCUT2D eigenvalue weighted by atomic mass is 10.1. The number of hydrogen-bond donors (Lipinski definition) is 1. The molecule has 5 heteroatoms. The van der Waals surface area contributed by atoms with Crippen molar-refractivity contribution in [3.63, 3.8) is 0 Å². The number of carbonyl (C=O) groups is 1. The summed E-state index contributed by atoms with van der Waals surface area (Å²) in [5.74, 6) is -0.832. The molecule has 90 valence electrons. The van der Waals surface area contributed by atoms with Gasteiger partial charge in [0.2, 0.25) is 0 Å². The summed E-state index contributed by atoms with van der Waals surface area (Å²) >= 11 is 0. The molecule has 0 fully saturated rings. The minimum atomic E-state index is -0.832. The number of carboxylic acids is 1. The Bertz CT molecular complexity index is 298. The highest BCUT2D eigenvalue weighted by atomic mass is 16.4. The van der Waals surface area contributed by atoms with Gasteiger partial charge in [-0.15, -0.1) is 5.10 Å². The summed E-state index contributed by atoms with van der Waals surface area (Å²) in [5, 5.41) is 16.4. The predicted molar refractivity (Wildman–Crippen MR) is 60.1 cm³/mol. The van der Waals surface area contributed by atoms with Crippen LogP contribution in [0.15, 0.2) is 12.4 Å². The number of unbranched alkanes of at least 4 members (excludes halogenated alkanes) is 4. The molecule has 1 unspecified atom stereocenters. The number of rotatable bonds is 8. The van der Waals surface area contributed by atoms with Crippen LogP contribution < -0.4 is 0 Å². The third-order valence-electron chi connectivity index (χ3n) is 2.63. The van der Waals surface area contributed by atoms with Gasteiger partial charge in [-0.25, -0.2) is 9.48 Å². The maximum absolute atomic E-state index is 11.0. The Morgan fingerprint density at radius 1 is 1.38 bits per heavy atom. The SMILES string of the molecule is CCCCCCCC(C(=O)O)n1ccnn1. The Hall–Kier alpha value is -1.39. The van der Waals surface area contributed by atoms with Crippen LogP contribution in [0.2, 0.25) is 0 Å². The fourth-order valence-electron chi connectivity index (χ4n) is 1.69. The van der Waals surface area contributed by atoms with E-state index in [0.717, 1.165) is 12.8 Å². The molecule has 1 atom stereocenters. The number of aliphatic carboxylic acids is 1. The molecule has 0 aliphatic carbocycles. The molecule has 1 aromatic heterocycles. The van der Waals surface area contributed by atoms with Crippen molar-refractivity contribution in [1.29, 1.82) is 0 Å². The van der Waals surface area contributed by atoms with Crippen LogP contribution in [0.5, 0.6) is 0 Å². The Morgan fingerprint density at radius 2 is 2.12 bits per heavy atom. The Morgan fingerprint density at radius 3 is 2.69 bits per heavy atom. The average molecular weight is 225 g/mol. The molecule has 1 N–H and O–H groups in total. The minimum absolute atomic E-state index is 0.566. The highest BCUT2D eigenvalue weighted by molar-refractivity contribution is 5.71. The van der Waals surface area contributed by atoms with E-state index in [4.69, 9.17) is 5.11 Å². The van der Waals surface area contributed by atoms with Crippen molar-refractivity contribution in [1.82, 2.24) is 15.0 Å². The van der Waals surface area contributed by atoms with Gasteiger partial charge in [0.1, 0.15) is 0 Å². The first-order valence-corrected chi connectivity index (χ1v) is 5.84. The molecule has 0 aromatic carbocycles. The van der Waals surface area contributed by atoms with Crippen molar-refractivity contribution >= 4 is 5.97 Å². The van der Waals surface area contributed by atoms with Gasteiger partial charge in [-0.05, 0) is 6.42 Å². The Labute approximate surface area is 95.5 Å². The van der Waals surface area contributed by atoms with Crippen LogP contribution in [0.4, 0.5) is 0 Å². The van der Waals surface area contributed by atoms with Gasteiger partial charge in [0.05, 0.1) is 6.20 Å². The molecule has 0 amide bonds. The van der Waals surface area contributed by atoms with Gasteiger partial charge in [0.15, 0.2) is 6.04 Å². The van der Waals surface area contributed by atoms with E-state index in [2.05, 4.69) is 17.2 Å². The van der Waals surface area contributed by atoms with Crippen LogP contribution in [0.3, 0.4) is 0 Å². The molecule has 0 bridgehead atoms. The Kier molecular flexibility index (Phi) is 5.53. The lowest BCUT2D eigenvalue weighted by Gasteiger charge is -2.11. The summed E-state index contributed by atoms with van der Waals surface area (Å²) in [6, 6.07) is -0.566. The van der Waals surface area contributed by atoms with Crippen LogP contribution in [0.1, 0.15) is 51.5 Å². The van der Waals surface area contributed by atoms with Gasteiger partial charge in [0.25, 0.3) is 0 Å². The summed E-state index contributed by atoms with van der Waals surface area (Å²) in [7, 11) is 0. The molecule has 0 saturated heterocycles. The van der Waals surface area contributed by atoms with Crippen molar-refractivity contribution in [2.24, 2.45) is 0 Å². The molecule has 1 rings (SSSR count). The molecule has 0 spiro atoms. The summed E-state index contributed by atoms with van der Waals surface area (Å²) < 4.78 is 1.42. The first-order valence-electron chi connectivity index (χ1n) is 5.84. The minimum Gasteiger partial charge on any atom is -0.480 e. The quantitative estimate of drug-likeness (QED) is 0.689. The monoisotopic (exact) mass is 225 g/mol. The third-order valence-corrected chi connectivity index (χ3v) is 2.63. The van der Waals surface area contributed by atoms with E-state index >= 15 is 0 Å². The van der Waals surface area contributed by atoms with Crippen molar-refractivity contribution in [2.45, 2.75) is 51.5 Å². The third kappa shape index (κ3) is 4.00. The smallest absolute Gasteiger partial charge is 0.328 e. The zero-order valence-electron chi connectivity index (χ0n) is 9.67. The molecule has 0 saturated carbocycles. The summed E-state index contributed by atoms with van der Waals surface area (Å²) in [4.78, 5) is 11.0. The van der Waals surface area contributed by atoms with Gasteiger partial charge >= 0.3 is 5.97 Å². The van der Waals surface area contributed by atoms with Crippen LogP contribution in [0.25, 0.3) is 0 Å². The maximum Gasteiger partial charge on any atom is 0.328 e. The second kappa shape index (κ2) is 6.98.